The van der Waals surface area contributed by atoms with Crippen molar-refractivity contribution in [2.45, 2.75) is 13.8 Å². The van der Waals surface area contributed by atoms with Crippen LogP contribution in [0.4, 0.5) is 0 Å². The normalized spacial score (nSPS) is 12.5. The molecule has 0 saturated carbocycles. The molecule has 0 atom stereocenters. The van der Waals surface area contributed by atoms with Crippen LogP contribution in [0, 0.1) is 13.8 Å². The first-order valence-corrected chi connectivity index (χ1v) is 6.16. The van der Waals surface area contributed by atoms with E-state index in [1.54, 1.807) is 6.07 Å². The number of ether oxygens (including phenoxy) is 2. The topological polar surface area (TPSA) is 35.5 Å². The van der Waals surface area contributed by atoms with E-state index >= 15 is 0 Å². The quantitative estimate of drug-likeness (QED) is 0.769. The molecule has 0 radical (unpaired) electrons. The van der Waals surface area contributed by atoms with E-state index in [2.05, 4.69) is 19.9 Å². The molecule has 0 spiro atoms. The average molecular weight is 254 g/mol. The third-order valence-electron chi connectivity index (χ3n) is 3.57. The Hall–Kier alpha value is -2.29. The number of hydrogen-bond acceptors (Lipinski definition) is 3. The number of carbonyl (C=O) groups is 1. The zero-order chi connectivity index (χ0) is 13.4. The second-order valence-corrected chi connectivity index (χ2v) is 4.66. The second-order valence-electron chi connectivity index (χ2n) is 4.66. The predicted octanol–water partition coefficient (Wildman–Crippen LogP) is 3.51. The lowest BCUT2D eigenvalue weighted by Gasteiger charge is -2.11. The van der Waals surface area contributed by atoms with Crippen LogP contribution >= 0.6 is 0 Å². The number of carbonyl (C=O) groups excluding carboxylic acids is 1. The van der Waals surface area contributed by atoms with Gasteiger partial charge in [0, 0.05) is 5.56 Å². The molecule has 0 amide bonds. The first-order valence-electron chi connectivity index (χ1n) is 6.16. The predicted molar refractivity (Wildman–Crippen MR) is 72.9 cm³/mol. The van der Waals surface area contributed by atoms with Gasteiger partial charge in [-0.25, -0.2) is 0 Å². The second kappa shape index (κ2) is 4.43. The molecule has 0 saturated heterocycles. The molecule has 2 aromatic rings. The summed E-state index contributed by atoms with van der Waals surface area (Å²) in [6.07, 6.45) is 0.860. The molecule has 96 valence electrons. The van der Waals surface area contributed by atoms with E-state index < -0.39 is 0 Å². The van der Waals surface area contributed by atoms with Crippen LogP contribution in [0.3, 0.4) is 0 Å². The number of fused-ring (bicyclic) bond motifs is 1. The highest BCUT2D eigenvalue weighted by Crippen LogP contribution is 2.39. The number of hydrogen-bond donors (Lipinski definition) is 0. The maximum Gasteiger partial charge on any atom is 0.231 e. The van der Waals surface area contributed by atoms with E-state index in [1.165, 1.54) is 11.1 Å². The standard InChI is InChI=1S/C16H14O3/c1-10-4-3-5-13(11(10)2)14-7-16-15(18-9-19-16)6-12(14)8-17/h3-8H,9H2,1-2H3. The summed E-state index contributed by atoms with van der Waals surface area (Å²) < 4.78 is 10.7. The summed E-state index contributed by atoms with van der Waals surface area (Å²) in [5, 5.41) is 0. The van der Waals surface area contributed by atoms with Gasteiger partial charge in [-0.2, -0.15) is 0 Å². The molecule has 0 aliphatic carbocycles. The van der Waals surface area contributed by atoms with E-state index in [0.29, 0.717) is 17.1 Å². The zero-order valence-corrected chi connectivity index (χ0v) is 10.9. The van der Waals surface area contributed by atoms with E-state index in [-0.39, 0.29) is 6.79 Å². The molecule has 0 fully saturated rings. The zero-order valence-electron chi connectivity index (χ0n) is 10.9. The Morgan fingerprint density at radius 2 is 1.79 bits per heavy atom. The molecule has 3 heteroatoms. The molecule has 0 bridgehead atoms. The van der Waals surface area contributed by atoms with E-state index in [9.17, 15) is 4.79 Å². The van der Waals surface area contributed by atoms with Gasteiger partial charge in [-0.05, 0) is 48.2 Å². The van der Waals surface area contributed by atoms with Gasteiger partial charge in [-0.3, -0.25) is 4.79 Å². The number of rotatable bonds is 2. The van der Waals surface area contributed by atoms with Crippen LogP contribution in [0.15, 0.2) is 30.3 Å². The van der Waals surface area contributed by atoms with E-state index in [4.69, 9.17) is 9.47 Å². The fourth-order valence-electron chi connectivity index (χ4n) is 2.33. The summed E-state index contributed by atoms with van der Waals surface area (Å²) in [6, 6.07) is 9.70. The lowest BCUT2D eigenvalue weighted by molar-refractivity contribution is 0.112. The van der Waals surface area contributed by atoms with Gasteiger partial charge < -0.3 is 9.47 Å². The van der Waals surface area contributed by atoms with Crippen molar-refractivity contribution in [2.24, 2.45) is 0 Å². The van der Waals surface area contributed by atoms with E-state index in [1.807, 2.05) is 18.2 Å². The minimum Gasteiger partial charge on any atom is -0.454 e. The van der Waals surface area contributed by atoms with Crippen molar-refractivity contribution in [3.8, 4) is 22.6 Å². The Kier molecular flexibility index (Phi) is 2.75. The van der Waals surface area contributed by atoms with Crippen LogP contribution in [0.1, 0.15) is 21.5 Å². The monoisotopic (exact) mass is 254 g/mol. The van der Waals surface area contributed by atoms with Crippen molar-refractivity contribution >= 4 is 6.29 Å². The molecule has 3 rings (SSSR count). The molecule has 1 aliphatic heterocycles. The Bertz CT molecular complexity index is 659. The molecular formula is C16H14O3. The molecule has 0 N–H and O–H groups in total. The molecular weight excluding hydrogens is 240 g/mol. The van der Waals surface area contributed by atoms with Crippen molar-refractivity contribution in [3.63, 3.8) is 0 Å². The third kappa shape index (κ3) is 1.87. The Morgan fingerprint density at radius 3 is 2.53 bits per heavy atom. The summed E-state index contributed by atoms with van der Waals surface area (Å²) in [5.74, 6) is 1.33. The Balaban J connectivity index is 2.24. The molecule has 0 unspecified atom stereocenters. The number of benzene rings is 2. The van der Waals surface area contributed by atoms with Crippen molar-refractivity contribution in [1.82, 2.24) is 0 Å². The molecule has 2 aromatic carbocycles. The smallest absolute Gasteiger partial charge is 0.231 e. The maximum atomic E-state index is 11.3. The lowest BCUT2D eigenvalue weighted by Crippen LogP contribution is -1.93. The summed E-state index contributed by atoms with van der Waals surface area (Å²) in [6.45, 7) is 4.33. The third-order valence-corrected chi connectivity index (χ3v) is 3.57. The van der Waals surface area contributed by atoms with Crippen molar-refractivity contribution in [2.75, 3.05) is 6.79 Å². The highest BCUT2D eigenvalue weighted by atomic mass is 16.7. The molecule has 3 nitrogen and oxygen atoms in total. The van der Waals surface area contributed by atoms with Gasteiger partial charge in [-0.1, -0.05) is 18.2 Å². The van der Waals surface area contributed by atoms with Gasteiger partial charge in [0.05, 0.1) is 0 Å². The van der Waals surface area contributed by atoms with Crippen molar-refractivity contribution < 1.29 is 14.3 Å². The summed E-state index contributed by atoms with van der Waals surface area (Å²) >= 11 is 0. The molecule has 19 heavy (non-hydrogen) atoms. The van der Waals surface area contributed by atoms with Crippen LogP contribution in [0.25, 0.3) is 11.1 Å². The van der Waals surface area contributed by atoms with Crippen LogP contribution in [-0.2, 0) is 0 Å². The lowest BCUT2D eigenvalue weighted by atomic mass is 9.93. The average Bonchev–Trinajstić information content (AvgIpc) is 2.87. The first-order chi connectivity index (χ1) is 9.20. The van der Waals surface area contributed by atoms with Gasteiger partial charge in [0.2, 0.25) is 6.79 Å². The van der Waals surface area contributed by atoms with Crippen molar-refractivity contribution in [1.29, 1.82) is 0 Å². The fourth-order valence-corrected chi connectivity index (χ4v) is 2.33. The molecule has 0 aromatic heterocycles. The van der Waals surface area contributed by atoms with Gasteiger partial charge in [0.1, 0.15) is 0 Å². The van der Waals surface area contributed by atoms with Crippen LogP contribution < -0.4 is 9.47 Å². The minimum atomic E-state index is 0.212. The number of aldehydes is 1. The highest BCUT2D eigenvalue weighted by molar-refractivity contribution is 5.90. The summed E-state index contributed by atoms with van der Waals surface area (Å²) in [4.78, 5) is 11.3. The number of aryl methyl sites for hydroxylation is 1. The first kappa shape index (κ1) is 11.8. The van der Waals surface area contributed by atoms with Gasteiger partial charge in [0.25, 0.3) is 0 Å². The maximum absolute atomic E-state index is 11.3. The minimum absolute atomic E-state index is 0.212. The van der Waals surface area contributed by atoms with Gasteiger partial charge in [0.15, 0.2) is 17.8 Å². The van der Waals surface area contributed by atoms with Crippen LogP contribution in [0.5, 0.6) is 11.5 Å². The Morgan fingerprint density at radius 1 is 1.05 bits per heavy atom. The molecule has 1 aliphatic rings. The van der Waals surface area contributed by atoms with Crippen LogP contribution in [0.2, 0.25) is 0 Å². The summed E-state index contributed by atoms with van der Waals surface area (Å²) in [5.41, 5.74) is 4.94. The van der Waals surface area contributed by atoms with Crippen molar-refractivity contribution in [3.05, 3.63) is 47.0 Å². The summed E-state index contributed by atoms with van der Waals surface area (Å²) in [7, 11) is 0. The Labute approximate surface area is 111 Å². The highest BCUT2D eigenvalue weighted by Gasteiger charge is 2.18. The van der Waals surface area contributed by atoms with Gasteiger partial charge in [-0.15, -0.1) is 0 Å². The SMILES string of the molecule is Cc1cccc(-c2cc3c(cc2C=O)OCO3)c1C. The van der Waals surface area contributed by atoms with E-state index in [0.717, 1.165) is 17.4 Å². The molecule has 1 heterocycles. The largest absolute Gasteiger partial charge is 0.454 e. The van der Waals surface area contributed by atoms with Gasteiger partial charge >= 0.3 is 0 Å². The fraction of sp³-hybridized carbons (Fsp3) is 0.188. The van der Waals surface area contributed by atoms with Crippen LogP contribution in [-0.4, -0.2) is 13.1 Å².